The van der Waals surface area contributed by atoms with Crippen molar-refractivity contribution in [1.29, 1.82) is 0 Å². The van der Waals surface area contributed by atoms with Gasteiger partial charge in [-0.2, -0.15) is 0 Å². The largest absolute Gasteiger partial charge is 0.423 e. The van der Waals surface area contributed by atoms with Crippen molar-refractivity contribution >= 4 is 46.5 Å². The summed E-state index contributed by atoms with van der Waals surface area (Å²) < 4.78 is 5.23. The maximum atomic E-state index is 12.3. The van der Waals surface area contributed by atoms with Gasteiger partial charge < -0.3 is 15.0 Å². The molecule has 1 aliphatic heterocycles. The van der Waals surface area contributed by atoms with Gasteiger partial charge >= 0.3 is 5.97 Å². The third-order valence-corrected chi connectivity index (χ3v) is 3.92. The third-order valence-electron chi connectivity index (χ3n) is 3.48. The molecule has 0 fully saturated rings. The summed E-state index contributed by atoms with van der Waals surface area (Å²) in [6.45, 7) is 1.93. The first-order valence-electron chi connectivity index (χ1n) is 7.23. The van der Waals surface area contributed by atoms with E-state index >= 15 is 0 Å². The average molecular weight is 365 g/mol. The van der Waals surface area contributed by atoms with Crippen LogP contribution in [-0.4, -0.2) is 25.0 Å². The number of carbonyl (C=O) groups excluding carboxylic acids is 2. The molecule has 0 atom stereocenters. The number of amides is 1. The maximum absolute atomic E-state index is 12.3. The van der Waals surface area contributed by atoms with Gasteiger partial charge in [0.05, 0.1) is 12.2 Å². The number of nitrogens with one attached hydrogen (secondary N) is 1. The van der Waals surface area contributed by atoms with E-state index < -0.39 is 5.97 Å². The van der Waals surface area contributed by atoms with Gasteiger partial charge in [-0.3, -0.25) is 4.79 Å². The van der Waals surface area contributed by atoms with Crippen molar-refractivity contribution in [3.63, 3.8) is 0 Å². The lowest BCUT2D eigenvalue weighted by Gasteiger charge is -2.29. The van der Waals surface area contributed by atoms with Gasteiger partial charge in [0.25, 0.3) is 0 Å². The average Bonchev–Trinajstić information content (AvgIpc) is 2.44. The number of fused-ring (bicyclic) bond motifs is 1. The second kappa shape index (κ2) is 6.71. The lowest BCUT2D eigenvalue weighted by molar-refractivity contribution is -0.133. The molecule has 5 nitrogen and oxygen atoms in total. The lowest BCUT2D eigenvalue weighted by Crippen LogP contribution is -2.41. The van der Waals surface area contributed by atoms with E-state index in [2.05, 4.69) is 5.32 Å². The molecule has 2 aromatic rings. The Kier molecular flexibility index (Phi) is 4.64. The molecule has 1 aliphatic rings. The zero-order chi connectivity index (χ0) is 17.3. The van der Waals surface area contributed by atoms with Crippen molar-refractivity contribution in [2.45, 2.75) is 6.92 Å². The molecule has 7 heteroatoms. The number of rotatable bonds is 3. The molecular formula is C17H14Cl2N2O3. The van der Waals surface area contributed by atoms with Crippen molar-refractivity contribution in [3.8, 4) is 5.75 Å². The molecule has 24 heavy (non-hydrogen) atoms. The van der Waals surface area contributed by atoms with Gasteiger partial charge in [-0.05, 0) is 42.8 Å². The van der Waals surface area contributed by atoms with E-state index in [1.165, 1.54) is 0 Å². The molecule has 1 heterocycles. The van der Waals surface area contributed by atoms with Crippen LogP contribution in [-0.2, 0) is 9.59 Å². The van der Waals surface area contributed by atoms with Crippen LogP contribution in [0.25, 0.3) is 0 Å². The van der Waals surface area contributed by atoms with Crippen LogP contribution in [0.3, 0.4) is 0 Å². The van der Waals surface area contributed by atoms with E-state index in [9.17, 15) is 9.59 Å². The Morgan fingerprint density at radius 3 is 2.62 bits per heavy atom. The molecule has 0 aromatic heterocycles. The van der Waals surface area contributed by atoms with Crippen molar-refractivity contribution in [1.82, 2.24) is 0 Å². The standard InChI is InChI=1S/C17H14Cl2N2O3/c1-10-2-3-14-15(4-10)24-17(23)9-21(14)8-16(22)20-13-6-11(18)5-12(19)7-13/h2-7H,8-9H2,1H3,(H,20,22). The number of ether oxygens (including phenoxy) is 1. The number of hydrogen-bond donors (Lipinski definition) is 1. The van der Waals surface area contributed by atoms with Crippen LogP contribution in [0.2, 0.25) is 10.0 Å². The van der Waals surface area contributed by atoms with E-state index in [-0.39, 0.29) is 19.0 Å². The zero-order valence-corrected chi connectivity index (χ0v) is 14.3. The van der Waals surface area contributed by atoms with Gasteiger partial charge in [-0.15, -0.1) is 0 Å². The summed E-state index contributed by atoms with van der Waals surface area (Å²) in [5.74, 6) is -0.217. The Labute approximate surface area is 149 Å². The third kappa shape index (κ3) is 3.80. The zero-order valence-electron chi connectivity index (χ0n) is 12.8. The summed E-state index contributed by atoms with van der Waals surface area (Å²) in [4.78, 5) is 25.7. The monoisotopic (exact) mass is 364 g/mol. The maximum Gasteiger partial charge on any atom is 0.331 e. The van der Waals surface area contributed by atoms with Gasteiger partial charge in [0.1, 0.15) is 6.54 Å². The first-order chi connectivity index (χ1) is 11.4. The molecule has 3 rings (SSSR count). The molecule has 0 saturated heterocycles. The van der Waals surface area contributed by atoms with E-state index in [4.69, 9.17) is 27.9 Å². The molecule has 0 aliphatic carbocycles. The summed E-state index contributed by atoms with van der Waals surface area (Å²) in [5.41, 5.74) is 2.18. The second-order valence-electron chi connectivity index (χ2n) is 5.51. The topological polar surface area (TPSA) is 58.6 Å². The highest BCUT2D eigenvalue weighted by molar-refractivity contribution is 6.35. The lowest BCUT2D eigenvalue weighted by atomic mass is 10.1. The smallest absolute Gasteiger partial charge is 0.331 e. The number of nitrogens with zero attached hydrogens (tertiary/aromatic N) is 1. The molecule has 0 spiro atoms. The fourth-order valence-corrected chi connectivity index (χ4v) is 3.03. The molecule has 1 amide bonds. The highest BCUT2D eigenvalue weighted by Gasteiger charge is 2.25. The van der Waals surface area contributed by atoms with Crippen LogP contribution in [0.15, 0.2) is 36.4 Å². The second-order valence-corrected chi connectivity index (χ2v) is 6.38. The molecular weight excluding hydrogens is 351 g/mol. The van der Waals surface area contributed by atoms with Crippen LogP contribution >= 0.6 is 23.2 Å². The van der Waals surface area contributed by atoms with Crippen LogP contribution in [0, 0.1) is 6.92 Å². The number of halogens is 2. The minimum Gasteiger partial charge on any atom is -0.423 e. The van der Waals surface area contributed by atoms with Gasteiger partial charge in [0.2, 0.25) is 5.91 Å². The van der Waals surface area contributed by atoms with E-state index in [1.54, 1.807) is 29.2 Å². The fourth-order valence-electron chi connectivity index (χ4n) is 2.50. The Bertz CT molecular complexity index is 803. The number of hydrogen-bond acceptors (Lipinski definition) is 4. The Hall–Kier alpha value is -2.24. The molecule has 124 valence electrons. The first-order valence-corrected chi connectivity index (χ1v) is 7.98. The normalized spacial score (nSPS) is 13.3. The molecule has 0 saturated carbocycles. The summed E-state index contributed by atoms with van der Waals surface area (Å²) in [6.07, 6.45) is 0. The molecule has 1 N–H and O–H groups in total. The Morgan fingerprint density at radius 2 is 1.92 bits per heavy atom. The van der Waals surface area contributed by atoms with Crippen LogP contribution < -0.4 is 15.0 Å². The number of aryl methyl sites for hydroxylation is 1. The SMILES string of the molecule is Cc1ccc2c(c1)OC(=O)CN2CC(=O)Nc1cc(Cl)cc(Cl)c1. The van der Waals surface area contributed by atoms with Crippen LogP contribution in [0.1, 0.15) is 5.56 Å². The first kappa shape index (κ1) is 16.6. The van der Waals surface area contributed by atoms with Crippen molar-refractivity contribution < 1.29 is 14.3 Å². The minimum absolute atomic E-state index is 0.00922. The summed E-state index contributed by atoms with van der Waals surface area (Å²) in [6, 6.07) is 10.3. The van der Waals surface area contributed by atoms with Crippen molar-refractivity contribution in [3.05, 3.63) is 52.0 Å². The van der Waals surface area contributed by atoms with E-state index in [0.29, 0.717) is 27.2 Å². The van der Waals surface area contributed by atoms with E-state index in [1.807, 2.05) is 19.1 Å². The predicted octanol–water partition coefficient (Wildman–Crippen LogP) is 3.67. The molecule has 0 unspecified atom stereocenters. The number of benzene rings is 2. The van der Waals surface area contributed by atoms with Crippen molar-refractivity contribution in [2.75, 3.05) is 23.3 Å². The van der Waals surface area contributed by atoms with Crippen LogP contribution in [0.5, 0.6) is 5.75 Å². The molecule has 0 radical (unpaired) electrons. The van der Waals surface area contributed by atoms with Crippen molar-refractivity contribution in [2.24, 2.45) is 0 Å². The number of anilines is 2. The number of carbonyl (C=O) groups is 2. The Morgan fingerprint density at radius 1 is 1.21 bits per heavy atom. The summed E-state index contributed by atoms with van der Waals surface area (Å²) in [5, 5.41) is 3.59. The highest BCUT2D eigenvalue weighted by atomic mass is 35.5. The van der Waals surface area contributed by atoms with E-state index in [0.717, 1.165) is 5.56 Å². The van der Waals surface area contributed by atoms with Gasteiger partial charge in [0.15, 0.2) is 5.75 Å². The van der Waals surface area contributed by atoms with Gasteiger partial charge in [-0.1, -0.05) is 29.3 Å². The van der Waals surface area contributed by atoms with Crippen LogP contribution in [0.4, 0.5) is 11.4 Å². The fraction of sp³-hybridized carbons (Fsp3) is 0.176. The minimum atomic E-state index is -0.397. The summed E-state index contributed by atoms with van der Waals surface area (Å²) >= 11 is 11.8. The number of esters is 1. The molecule has 2 aromatic carbocycles. The molecule has 0 bridgehead atoms. The quantitative estimate of drug-likeness (QED) is 0.666. The Balaban J connectivity index is 1.76. The van der Waals surface area contributed by atoms with Gasteiger partial charge in [0, 0.05) is 15.7 Å². The highest BCUT2D eigenvalue weighted by Crippen LogP contribution is 2.32. The predicted molar refractivity (Wildman–Crippen MR) is 94.1 cm³/mol. The van der Waals surface area contributed by atoms with Gasteiger partial charge in [-0.25, -0.2) is 4.79 Å². The summed E-state index contributed by atoms with van der Waals surface area (Å²) in [7, 11) is 0.